The third-order valence-electron chi connectivity index (χ3n) is 5.28. The molecule has 0 heterocycles. The zero-order chi connectivity index (χ0) is 26.6. The van der Waals surface area contributed by atoms with Gasteiger partial charge in [0.15, 0.2) is 11.5 Å². The van der Waals surface area contributed by atoms with Gasteiger partial charge in [0.05, 0.1) is 16.6 Å². The molecule has 8 nitrogen and oxygen atoms in total. The summed E-state index contributed by atoms with van der Waals surface area (Å²) in [6.45, 7) is 2.58. The zero-order valence-electron chi connectivity index (χ0n) is 20.3. The first-order valence-corrected chi connectivity index (χ1v) is 12.1. The number of halogens is 1. The van der Waals surface area contributed by atoms with Crippen molar-refractivity contribution >= 4 is 29.3 Å². The van der Waals surface area contributed by atoms with Gasteiger partial charge in [0.2, 0.25) is 0 Å². The van der Waals surface area contributed by atoms with Crippen LogP contribution in [-0.4, -0.2) is 24.0 Å². The molecule has 1 amide bonds. The van der Waals surface area contributed by atoms with E-state index in [1.807, 2.05) is 36.4 Å². The first kappa shape index (κ1) is 27.2. The van der Waals surface area contributed by atoms with Crippen LogP contribution in [0, 0.1) is 21.4 Å². The van der Waals surface area contributed by atoms with Gasteiger partial charge in [-0.3, -0.25) is 14.9 Å². The summed E-state index contributed by atoms with van der Waals surface area (Å²) in [5.41, 5.74) is 2.15. The molecule has 3 rings (SSSR count). The number of carbonyl (C=O) groups is 1. The fourth-order valence-electron chi connectivity index (χ4n) is 3.54. The van der Waals surface area contributed by atoms with E-state index in [9.17, 15) is 20.2 Å². The van der Waals surface area contributed by atoms with Crippen LogP contribution in [0.25, 0.3) is 6.08 Å². The van der Waals surface area contributed by atoms with Gasteiger partial charge in [0.1, 0.15) is 18.2 Å². The van der Waals surface area contributed by atoms with Gasteiger partial charge < -0.3 is 14.8 Å². The highest BCUT2D eigenvalue weighted by molar-refractivity contribution is 6.32. The molecule has 0 saturated heterocycles. The molecule has 1 N–H and O–H groups in total. The second kappa shape index (κ2) is 13.7. The van der Waals surface area contributed by atoms with Gasteiger partial charge in [-0.2, -0.15) is 5.26 Å². The van der Waals surface area contributed by atoms with E-state index >= 15 is 0 Å². The molecule has 3 aromatic carbocycles. The second-order valence-corrected chi connectivity index (χ2v) is 8.40. The highest BCUT2D eigenvalue weighted by Gasteiger charge is 2.15. The maximum atomic E-state index is 12.5. The van der Waals surface area contributed by atoms with E-state index in [2.05, 4.69) is 5.32 Å². The minimum absolute atomic E-state index is 0.0332. The molecule has 9 heteroatoms. The van der Waals surface area contributed by atoms with Gasteiger partial charge in [-0.05, 0) is 54.7 Å². The molecular weight excluding hydrogens is 494 g/mol. The van der Waals surface area contributed by atoms with Crippen molar-refractivity contribution in [2.24, 2.45) is 0 Å². The summed E-state index contributed by atoms with van der Waals surface area (Å²) in [4.78, 5) is 23.1. The molecule has 0 aromatic heterocycles. The lowest BCUT2D eigenvalue weighted by Gasteiger charge is -2.15. The summed E-state index contributed by atoms with van der Waals surface area (Å²) in [6.07, 6.45) is 2.99. The van der Waals surface area contributed by atoms with Crippen molar-refractivity contribution in [3.63, 3.8) is 0 Å². The second-order valence-electron chi connectivity index (χ2n) is 7.99. The number of nitro groups is 1. The van der Waals surface area contributed by atoms with Crippen molar-refractivity contribution in [3.8, 4) is 17.6 Å². The van der Waals surface area contributed by atoms with Crippen molar-refractivity contribution < 1.29 is 19.2 Å². The minimum Gasteiger partial charge on any atom is -0.490 e. The Hall–Kier alpha value is -4.35. The molecule has 0 bridgehead atoms. The van der Waals surface area contributed by atoms with Crippen molar-refractivity contribution in [1.29, 1.82) is 5.26 Å². The van der Waals surface area contributed by atoms with Crippen molar-refractivity contribution in [2.45, 2.75) is 26.4 Å². The largest absolute Gasteiger partial charge is 0.490 e. The number of hydrogen-bond acceptors (Lipinski definition) is 6. The number of hydrogen-bond donors (Lipinski definition) is 1. The zero-order valence-corrected chi connectivity index (χ0v) is 21.0. The summed E-state index contributed by atoms with van der Waals surface area (Å²) in [5, 5.41) is 23.5. The van der Waals surface area contributed by atoms with Crippen LogP contribution in [0.2, 0.25) is 5.02 Å². The smallest absolute Gasteiger partial charge is 0.269 e. The number of carbonyl (C=O) groups excluding carboxylic acids is 1. The lowest BCUT2D eigenvalue weighted by molar-refractivity contribution is -0.384. The van der Waals surface area contributed by atoms with Gasteiger partial charge in [0, 0.05) is 18.7 Å². The van der Waals surface area contributed by atoms with Crippen LogP contribution in [0.3, 0.4) is 0 Å². The molecule has 0 fully saturated rings. The van der Waals surface area contributed by atoms with E-state index in [0.29, 0.717) is 30.0 Å². The summed E-state index contributed by atoms with van der Waals surface area (Å²) in [7, 11) is 0. The third kappa shape index (κ3) is 8.09. The molecule has 37 heavy (non-hydrogen) atoms. The predicted molar refractivity (Wildman–Crippen MR) is 141 cm³/mol. The summed E-state index contributed by atoms with van der Waals surface area (Å²) < 4.78 is 11.5. The van der Waals surface area contributed by atoms with E-state index in [4.69, 9.17) is 21.1 Å². The van der Waals surface area contributed by atoms with E-state index < -0.39 is 10.8 Å². The SMILES string of the molecule is CCOc1cc(/C=C(/C#N)C(=O)NCCCc2ccccc2)cc(Cl)c1OCc1cccc([N+](=O)[O-])c1. The predicted octanol–water partition coefficient (Wildman–Crippen LogP) is 5.88. The molecule has 0 unspecified atom stereocenters. The Balaban J connectivity index is 1.70. The van der Waals surface area contributed by atoms with Crippen LogP contribution in [0.4, 0.5) is 5.69 Å². The highest BCUT2D eigenvalue weighted by Crippen LogP contribution is 2.38. The minimum atomic E-state index is -0.477. The monoisotopic (exact) mass is 519 g/mol. The number of benzene rings is 3. The highest BCUT2D eigenvalue weighted by atomic mass is 35.5. The van der Waals surface area contributed by atoms with Crippen molar-refractivity contribution in [3.05, 3.63) is 104 Å². The normalized spacial score (nSPS) is 10.9. The van der Waals surface area contributed by atoms with Crippen LogP contribution in [-0.2, 0) is 17.8 Å². The number of rotatable bonds is 12. The molecule has 0 spiro atoms. The molecule has 0 radical (unpaired) electrons. The maximum absolute atomic E-state index is 12.5. The first-order chi connectivity index (χ1) is 17.9. The number of aryl methyl sites for hydroxylation is 1. The van der Waals surface area contributed by atoms with Crippen molar-refractivity contribution in [2.75, 3.05) is 13.2 Å². The number of nitrogens with one attached hydrogen (secondary N) is 1. The number of nitriles is 1. The molecule has 0 atom stereocenters. The van der Waals surface area contributed by atoms with Gasteiger partial charge in [0.25, 0.3) is 11.6 Å². The van der Waals surface area contributed by atoms with Gasteiger partial charge in [-0.1, -0.05) is 54.1 Å². The Labute approximate surface area is 220 Å². The average molecular weight is 520 g/mol. The number of ether oxygens (including phenoxy) is 2. The Morgan fingerprint density at radius 3 is 2.57 bits per heavy atom. The van der Waals surface area contributed by atoms with Crippen LogP contribution < -0.4 is 14.8 Å². The molecule has 190 valence electrons. The molecular formula is C28H26ClN3O5. The Morgan fingerprint density at radius 2 is 1.86 bits per heavy atom. The van der Waals surface area contributed by atoms with Crippen LogP contribution in [0.15, 0.2) is 72.3 Å². The Kier molecular flexibility index (Phi) is 10.1. The third-order valence-corrected chi connectivity index (χ3v) is 5.56. The topological polar surface area (TPSA) is 114 Å². The van der Waals surface area contributed by atoms with E-state index in [1.54, 1.807) is 31.2 Å². The molecule has 0 aliphatic heterocycles. The lowest BCUT2D eigenvalue weighted by Crippen LogP contribution is -2.25. The number of amides is 1. The quantitative estimate of drug-likeness (QED) is 0.105. The van der Waals surface area contributed by atoms with Gasteiger partial charge in [-0.15, -0.1) is 0 Å². The van der Waals surface area contributed by atoms with Gasteiger partial charge >= 0.3 is 0 Å². The number of non-ortho nitro benzene ring substituents is 1. The number of nitrogens with zero attached hydrogens (tertiary/aromatic N) is 2. The maximum Gasteiger partial charge on any atom is 0.269 e. The molecule has 0 aliphatic carbocycles. The molecule has 3 aromatic rings. The van der Waals surface area contributed by atoms with E-state index in [1.165, 1.54) is 23.8 Å². The van der Waals surface area contributed by atoms with E-state index in [0.717, 1.165) is 12.8 Å². The van der Waals surface area contributed by atoms with Crippen LogP contribution >= 0.6 is 11.6 Å². The number of nitro benzene ring substituents is 1. The molecule has 0 saturated carbocycles. The van der Waals surface area contributed by atoms with Crippen LogP contribution in [0.5, 0.6) is 11.5 Å². The Bertz CT molecular complexity index is 1320. The summed E-state index contributed by atoms with van der Waals surface area (Å²) in [6, 6.07) is 21.2. The lowest BCUT2D eigenvalue weighted by atomic mass is 10.1. The summed E-state index contributed by atoms with van der Waals surface area (Å²) >= 11 is 6.46. The van der Waals surface area contributed by atoms with E-state index in [-0.39, 0.29) is 28.6 Å². The fraction of sp³-hybridized carbons (Fsp3) is 0.214. The van der Waals surface area contributed by atoms with Gasteiger partial charge in [-0.25, -0.2) is 0 Å². The van der Waals surface area contributed by atoms with Crippen LogP contribution in [0.1, 0.15) is 30.0 Å². The standard InChI is InChI=1S/C28H26ClN3O5/c1-2-36-26-17-22(14-23(18-30)28(33)31-13-7-11-20-8-4-3-5-9-20)16-25(29)27(26)37-19-21-10-6-12-24(15-21)32(34)35/h3-6,8-10,12,14-17H,2,7,11,13,19H2,1H3,(H,31,33)/b23-14-. The summed E-state index contributed by atoms with van der Waals surface area (Å²) in [5.74, 6) is 0.110. The fourth-order valence-corrected chi connectivity index (χ4v) is 3.81. The first-order valence-electron chi connectivity index (χ1n) is 11.7. The average Bonchev–Trinajstić information content (AvgIpc) is 2.90. The Morgan fingerprint density at radius 1 is 1.11 bits per heavy atom. The van der Waals surface area contributed by atoms with Crippen molar-refractivity contribution in [1.82, 2.24) is 5.32 Å². The molecule has 0 aliphatic rings.